The lowest BCUT2D eigenvalue weighted by molar-refractivity contribution is -0.116. The third kappa shape index (κ3) is 4.95. The second-order valence-electron chi connectivity index (χ2n) is 6.81. The van der Waals surface area contributed by atoms with E-state index in [0.717, 1.165) is 24.1 Å². The molecular weight excluding hydrogens is 342 g/mol. The van der Waals surface area contributed by atoms with Gasteiger partial charge in [0.05, 0.1) is 0 Å². The molecule has 0 unspecified atom stereocenters. The largest absolute Gasteiger partial charge is 0.489 e. The molecule has 3 rings (SSSR count). The Labute approximate surface area is 159 Å². The van der Waals surface area contributed by atoms with Gasteiger partial charge in [-0.15, -0.1) is 0 Å². The normalized spacial score (nSPS) is 14.6. The fourth-order valence-electron chi connectivity index (χ4n) is 3.10. The highest BCUT2D eigenvalue weighted by Crippen LogP contribution is 2.23. The van der Waals surface area contributed by atoms with E-state index < -0.39 is 0 Å². The minimum atomic E-state index is -0.00925. The molecule has 0 atom stereocenters. The highest BCUT2D eigenvalue weighted by molar-refractivity contribution is 5.98. The van der Waals surface area contributed by atoms with E-state index in [1.807, 2.05) is 48.5 Å². The summed E-state index contributed by atoms with van der Waals surface area (Å²) < 4.78 is 11.2. The van der Waals surface area contributed by atoms with Crippen LogP contribution in [0.5, 0.6) is 5.75 Å². The Bertz CT molecular complexity index is 794. The molecule has 27 heavy (non-hydrogen) atoms. The molecule has 0 radical (unpaired) electrons. The van der Waals surface area contributed by atoms with Crippen molar-refractivity contribution in [2.45, 2.75) is 26.4 Å². The molecule has 0 aromatic heterocycles. The summed E-state index contributed by atoms with van der Waals surface area (Å²) >= 11 is 0. The number of rotatable bonds is 6. The molecule has 2 aromatic carbocycles. The number of ketones is 1. The first-order valence-electron chi connectivity index (χ1n) is 9.22. The van der Waals surface area contributed by atoms with Gasteiger partial charge in [-0.2, -0.15) is 0 Å². The molecule has 1 fully saturated rings. The SMILES string of the molecule is CC(=O)N(C)c1ccc(COc2cccc(C(=O)C3CCOCC3)c2)cc1. The maximum atomic E-state index is 12.6. The molecule has 0 bridgehead atoms. The van der Waals surface area contributed by atoms with Gasteiger partial charge in [-0.05, 0) is 42.7 Å². The second kappa shape index (κ2) is 8.82. The zero-order valence-electron chi connectivity index (χ0n) is 15.8. The predicted molar refractivity (Wildman–Crippen MR) is 104 cm³/mol. The van der Waals surface area contributed by atoms with E-state index in [1.165, 1.54) is 6.92 Å². The van der Waals surface area contributed by atoms with Crippen LogP contribution in [0, 0.1) is 5.92 Å². The van der Waals surface area contributed by atoms with E-state index in [4.69, 9.17) is 9.47 Å². The van der Waals surface area contributed by atoms with Gasteiger partial charge in [-0.1, -0.05) is 24.3 Å². The van der Waals surface area contributed by atoms with Gasteiger partial charge >= 0.3 is 0 Å². The zero-order chi connectivity index (χ0) is 19.2. The predicted octanol–water partition coefficient (Wildman–Crippen LogP) is 3.86. The first-order chi connectivity index (χ1) is 13.0. The summed E-state index contributed by atoms with van der Waals surface area (Å²) in [7, 11) is 1.74. The van der Waals surface area contributed by atoms with Crippen LogP contribution in [-0.2, 0) is 16.1 Å². The quantitative estimate of drug-likeness (QED) is 0.728. The van der Waals surface area contributed by atoms with Crippen LogP contribution in [0.2, 0.25) is 0 Å². The minimum absolute atomic E-state index is 0.00925. The lowest BCUT2D eigenvalue weighted by atomic mass is 9.91. The van der Waals surface area contributed by atoms with Crippen molar-refractivity contribution >= 4 is 17.4 Å². The van der Waals surface area contributed by atoms with E-state index in [2.05, 4.69) is 0 Å². The van der Waals surface area contributed by atoms with Crippen molar-refractivity contribution in [2.75, 3.05) is 25.2 Å². The van der Waals surface area contributed by atoms with E-state index in [1.54, 1.807) is 11.9 Å². The molecule has 1 aliphatic heterocycles. The summed E-state index contributed by atoms with van der Waals surface area (Å²) in [4.78, 5) is 25.6. The van der Waals surface area contributed by atoms with Gasteiger partial charge < -0.3 is 14.4 Å². The molecule has 0 spiro atoms. The summed E-state index contributed by atoms with van der Waals surface area (Å²) in [6.07, 6.45) is 1.57. The fourth-order valence-corrected chi connectivity index (χ4v) is 3.10. The number of Topliss-reactive ketones (excluding diaryl/α,β-unsaturated/α-hetero) is 1. The molecule has 0 aliphatic carbocycles. The Morgan fingerprint density at radius 3 is 2.48 bits per heavy atom. The molecule has 1 amide bonds. The van der Waals surface area contributed by atoms with Crippen molar-refractivity contribution in [3.63, 3.8) is 0 Å². The Balaban J connectivity index is 1.61. The smallest absolute Gasteiger partial charge is 0.223 e. The van der Waals surface area contributed by atoms with Gasteiger partial charge in [0.15, 0.2) is 5.78 Å². The fraction of sp³-hybridized carbons (Fsp3) is 0.364. The van der Waals surface area contributed by atoms with Gasteiger partial charge in [0.1, 0.15) is 12.4 Å². The van der Waals surface area contributed by atoms with Crippen molar-refractivity contribution in [2.24, 2.45) is 5.92 Å². The van der Waals surface area contributed by atoms with Crippen molar-refractivity contribution in [1.29, 1.82) is 0 Å². The lowest BCUT2D eigenvalue weighted by Gasteiger charge is -2.21. The number of carbonyl (C=O) groups excluding carboxylic acids is 2. The number of amides is 1. The molecule has 2 aromatic rings. The number of ether oxygens (including phenoxy) is 2. The van der Waals surface area contributed by atoms with Gasteiger partial charge in [0, 0.05) is 44.4 Å². The van der Waals surface area contributed by atoms with Crippen molar-refractivity contribution < 1.29 is 19.1 Å². The van der Waals surface area contributed by atoms with E-state index in [0.29, 0.717) is 31.1 Å². The van der Waals surface area contributed by atoms with Crippen LogP contribution in [0.1, 0.15) is 35.7 Å². The second-order valence-corrected chi connectivity index (χ2v) is 6.81. The zero-order valence-corrected chi connectivity index (χ0v) is 15.8. The van der Waals surface area contributed by atoms with Gasteiger partial charge in [-0.3, -0.25) is 9.59 Å². The van der Waals surface area contributed by atoms with Crippen LogP contribution in [-0.4, -0.2) is 32.0 Å². The molecule has 1 aliphatic rings. The summed E-state index contributed by atoms with van der Waals surface area (Å²) in [5.74, 6) is 0.878. The summed E-state index contributed by atoms with van der Waals surface area (Å²) in [6, 6.07) is 15.0. The average Bonchev–Trinajstić information content (AvgIpc) is 2.72. The number of benzene rings is 2. The van der Waals surface area contributed by atoms with Crippen LogP contribution < -0.4 is 9.64 Å². The molecule has 0 saturated carbocycles. The standard InChI is InChI=1S/C22H25NO4/c1-16(24)23(2)20-8-6-17(7-9-20)15-27-21-5-3-4-19(14-21)22(25)18-10-12-26-13-11-18/h3-9,14,18H,10-13,15H2,1-2H3. The monoisotopic (exact) mass is 367 g/mol. The van der Waals surface area contributed by atoms with Crippen LogP contribution in [0.15, 0.2) is 48.5 Å². The summed E-state index contributed by atoms with van der Waals surface area (Å²) in [5.41, 5.74) is 2.53. The van der Waals surface area contributed by atoms with Gasteiger partial charge in [0.2, 0.25) is 5.91 Å². The first-order valence-corrected chi connectivity index (χ1v) is 9.22. The molecule has 5 nitrogen and oxygen atoms in total. The number of hydrogen-bond donors (Lipinski definition) is 0. The number of anilines is 1. The highest BCUT2D eigenvalue weighted by atomic mass is 16.5. The van der Waals surface area contributed by atoms with Crippen LogP contribution in [0.25, 0.3) is 0 Å². The van der Waals surface area contributed by atoms with Gasteiger partial charge in [-0.25, -0.2) is 0 Å². The third-order valence-corrected chi connectivity index (χ3v) is 4.91. The van der Waals surface area contributed by atoms with E-state index >= 15 is 0 Å². The highest BCUT2D eigenvalue weighted by Gasteiger charge is 2.23. The summed E-state index contributed by atoms with van der Waals surface area (Å²) in [5, 5.41) is 0. The van der Waals surface area contributed by atoms with Crippen LogP contribution >= 0.6 is 0 Å². The average molecular weight is 367 g/mol. The minimum Gasteiger partial charge on any atom is -0.489 e. The summed E-state index contributed by atoms with van der Waals surface area (Å²) in [6.45, 7) is 3.24. The lowest BCUT2D eigenvalue weighted by Crippen LogP contribution is -2.23. The molecule has 1 heterocycles. The first kappa shape index (κ1) is 19.1. The van der Waals surface area contributed by atoms with Crippen LogP contribution in [0.3, 0.4) is 0 Å². The third-order valence-electron chi connectivity index (χ3n) is 4.91. The molecule has 0 N–H and O–H groups in total. The van der Waals surface area contributed by atoms with E-state index in [9.17, 15) is 9.59 Å². The van der Waals surface area contributed by atoms with Crippen molar-refractivity contribution in [3.05, 3.63) is 59.7 Å². The number of carbonyl (C=O) groups is 2. The van der Waals surface area contributed by atoms with Crippen molar-refractivity contribution in [3.8, 4) is 5.75 Å². The molecule has 5 heteroatoms. The Hall–Kier alpha value is -2.66. The number of nitrogens with zero attached hydrogens (tertiary/aromatic N) is 1. The van der Waals surface area contributed by atoms with Gasteiger partial charge in [0.25, 0.3) is 0 Å². The van der Waals surface area contributed by atoms with Crippen LogP contribution in [0.4, 0.5) is 5.69 Å². The van der Waals surface area contributed by atoms with Crippen molar-refractivity contribution in [1.82, 2.24) is 0 Å². The molecule has 1 saturated heterocycles. The Morgan fingerprint density at radius 1 is 1.11 bits per heavy atom. The maximum Gasteiger partial charge on any atom is 0.223 e. The Kier molecular flexibility index (Phi) is 6.24. The number of hydrogen-bond acceptors (Lipinski definition) is 4. The maximum absolute atomic E-state index is 12.6. The topological polar surface area (TPSA) is 55.8 Å². The van der Waals surface area contributed by atoms with E-state index in [-0.39, 0.29) is 17.6 Å². The Morgan fingerprint density at radius 2 is 1.81 bits per heavy atom. The molecule has 142 valence electrons. The molecular formula is C22H25NO4.